The highest BCUT2D eigenvalue weighted by Crippen LogP contribution is 2.47. The van der Waals surface area contributed by atoms with Gasteiger partial charge in [0.2, 0.25) is 28.0 Å². The van der Waals surface area contributed by atoms with Crippen molar-refractivity contribution in [2.24, 2.45) is 5.92 Å². The Kier molecular flexibility index (Phi) is 15.3. The minimum atomic E-state index is -4.04. The van der Waals surface area contributed by atoms with E-state index in [1.165, 1.54) is 11.3 Å². The first-order chi connectivity index (χ1) is 27.3. The molecule has 6 rings (SSSR count). The van der Waals surface area contributed by atoms with E-state index in [4.69, 9.17) is 40.0 Å². The zero-order valence-electron chi connectivity index (χ0n) is 32.0. The Morgan fingerprint density at radius 2 is 1.71 bits per heavy atom. The number of benzene rings is 3. The second-order valence-corrected chi connectivity index (χ2v) is 20.2. The highest BCUT2D eigenvalue weighted by Gasteiger charge is 2.27. The summed E-state index contributed by atoms with van der Waals surface area (Å²) in [6, 6.07) is 16.6. The van der Waals surface area contributed by atoms with Crippen LogP contribution in [0.3, 0.4) is 0 Å². The number of aromatic amines is 2. The van der Waals surface area contributed by atoms with E-state index >= 15 is 0 Å². The van der Waals surface area contributed by atoms with E-state index in [1.807, 2.05) is 80.1 Å². The first kappa shape index (κ1) is 45.3. The van der Waals surface area contributed by atoms with Crippen LogP contribution in [-0.4, -0.2) is 61.7 Å². The van der Waals surface area contributed by atoms with Crippen molar-refractivity contribution in [3.8, 4) is 0 Å². The minimum absolute atomic E-state index is 0.0235. The van der Waals surface area contributed by atoms with Gasteiger partial charge < -0.3 is 20.2 Å². The van der Waals surface area contributed by atoms with Crippen molar-refractivity contribution in [3.63, 3.8) is 0 Å². The molecule has 0 radical (unpaired) electrons. The van der Waals surface area contributed by atoms with Gasteiger partial charge in [0.05, 0.1) is 33.8 Å². The molecule has 5 aromatic rings. The molecule has 2 aromatic heterocycles. The van der Waals surface area contributed by atoms with Gasteiger partial charge in [0.15, 0.2) is 4.77 Å². The molecule has 1 aliphatic rings. The van der Waals surface area contributed by atoms with Crippen LogP contribution >= 0.6 is 58.5 Å². The van der Waals surface area contributed by atoms with Crippen LogP contribution < -0.4 is 19.5 Å². The van der Waals surface area contributed by atoms with Crippen molar-refractivity contribution >= 4 is 129 Å². The lowest BCUT2D eigenvalue weighted by molar-refractivity contribution is -0.655. The number of carbonyl (C=O) groups is 2. The van der Waals surface area contributed by atoms with Crippen molar-refractivity contribution in [2.75, 3.05) is 28.8 Å². The van der Waals surface area contributed by atoms with Crippen molar-refractivity contribution in [1.29, 1.82) is 0 Å². The molecule has 5 N–H and O–H groups in total. The fourth-order valence-electron chi connectivity index (χ4n) is 5.82. The number of hydrogen-bond donors (Lipinski definition) is 5. The molecule has 58 heavy (non-hydrogen) atoms. The van der Waals surface area contributed by atoms with Crippen LogP contribution in [0.1, 0.15) is 51.5 Å². The van der Waals surface area contributed by atoms with E-state index < -0.39 is 26.0 Å². The van der Waals surface area contributed by atoms with Gasteiger partial charge in [-0.15, -0.1) is 0 Å². The Morgan fingerprint density at radius 3 is 2.40 bits per heavy atom. The van der Waals surface area contributed by atoms with Gasteiger partial charge in [0, 0.05) is 45.2 Å². The number of nitrogens with zero attached hydrogens (tertiary/aromatic N) is 2. The molecule has 0 saturated heterocycles. The highest BCUT2D eigenvalue weighted by molar-refractivity contribution is 8.03. The molecule has 1 aliphatic heterocycles. The molecule has 0 fully saturated rings. The number of imidazole rings is 1. The summed E-state index contributed by atoms with van der Waals surface area (Å²) in [6.07, 6.45) is 7.26. The largest absolute Gasteiger partial charge is 0.335 e. The topological polar surface area (TPSA) is 185 Å². The summed E-state index contributed by atoms with van der Waals surface area (Å²) in [7, 11) is -7.76. The predicted octanol–water partition coefficient (Wildman–Crippen LogP) is 8.70. The Morgan fingerprint density at radius 1 is 1.00 bits per heavy atom. The van der Waals surface area contributed by atoms with Crippen molar-refractivity contribution < 1.29 is 35.5 Å². The number of rotatable bonds is 14. The average molecular weight is 927 g/mol. The molecule has 2 amide bonds. The summed E-state index contributed by atoms with van der Waals surface area (Å²) in [5.74, 6) is -0.910. The van der Waals surface area contributed by atoms with Gasteiger partial charge >= 0.3 is 0 Å². The van der Waals surface area contributed by atoms with Gasteiger partial charge in [-0.25, -0.2) is 13.1 Å². The smallest absolute Gasteiger partial charge is 0.299 e. The van der Waals surface area contributed by atoms with Crippen LogP contribution in [0.15, 0.2) is 76.2 Å². The molecule has 0 aliphatic carbocycles. The number of thioether (sulfide) groups is 1. The lowest BCUT2D eigenvalue weighted by Crippen LogP contribution is -2.45. The molecule has 0 bridgehead atoms. The van der Waals surface area contributed by atoms with Gasteiger partial charge in [0.1, 0.15) is 4.70 Å². The zero-order valence-corrected chi connectivity index (χ0v) is 37.6. The van der Waals surface area contributed by atoms with Crippen LogP contribution in [-0.2, 0) is 36.3 Å². The Bertz CT molecular complexity index is 2690. The summed E-state index contributed by atoms with van der Waals surface area (Å²) in [4.78, 5) is 33.4. The third-order valence-corrected chi connectivity index (χ3v) is 13.2. The lowest BCUT2D eigenvalue weighted by atomic mass is 10.1. The number of hydrogen-bond acceptors (Lipinski definition) is 10. The summed E-state index contributed by atoms with van der Waals surface area (Å²) < 4.78 is 60.0. The molecular weight excluding hydrogens is 884 g/mol. The molecule has 1 unspecified atom stereocenters. The van der Waals surface area contributed by atoms with E-state index in [9.17, 15) is 26.4 Å². The number of aromatic nitrogens is 3. The number of halogens is 2. The summed E-state index contributed by atoms with van der Waals surface area (Å²) in [6.45, 7) is 6.22. The van der Waals surface area contributed by atoms with Crippen LogP contribution in [0.5, 0.6) is 0 Å². The first-order valence-corrected chi connectivity index (χ1v) is 24.4. The first-order valence-electron chi connectivity index (χ1n) is 18.1. The number of H-pyrrole nitrogens is 2. The zero-order chi connectivity index (χ0) is 42.4. The molecule has 1 atom stereocenters. The molecule has 3 aromatic carbocycles. The van der Waals surface area contributed by atoms with Gasteiger partial charge in [0.25, 0.3) is 21.0 Å². The average Bonchev–Trinajstić information content (AvgIpc) is 3.79. The standard InChI is InChI=1S/C26H27Cl2N3O6S4.C12H15N3OS/c1-3-17(12-25-30(10-4-5-11-41(35,36)37)20-14-18(27)6-8-22(20)38-25)13-26-31(16-24(32)29-40(2,33)34)21-15-19(28)7-9-23(21)39-26;1-3-7(2)11(16)13-8-4-5-9-10(6-8)15-12(17)14-9/h6-9,12-15H,3-5,10-11,16H2,1-2H3,(H-,29,32,35,36,37);4-7H,3H2,1-2H3,(H,13,16)(H2,14,15,17)/p+1. The van der Waals surface area contributed by atoms with Crippen molar-refractivity contribution in [2.45, 2.75) is 57.9 Å². The van der Waals surface area contributed by atoms with Crippen molar-refractivity contribution in [1.82, 2.24) is 14.7 Å². The van der Waals surface area contributed by atoms with Gasteiger partial charge in [-0.1, -0.05) is 67.1 Å². The maximum atomic E-state index is 12.6. The number of carbonyl (C=O) groups excluding carboxylic acids is 2. The number of anilines is 2. The Balaban J connectivity index is 0.000000313. The maximum Gasteiger partial charge on any atom is 0.299 e. The van der Waals surface area contributed by atoms with Crippen LogP contribution in [0, 0.1) is 10.7 Å². The normalized spacial score (nSPS) is 14.4. The van der Waals surface area contributed by atoms with Crippen LogP contribution in [0.2, 0.25) is 10.0 Å². The SMILES string of the molecule is CCC(=Cc1sc2ccc(Cl)cc2[n+]1CC(=O)NS(C)(=O)=O)C=C1Sc2ccc(Cl)cc2N1CCCCS(=O)(=O)O.CCC(C)C(=O)Nc1ccc2[nH]c(=S)[nH]c2c1. The molecule has 310 valence electrons. The second-order valence-electron chi connectivity index (χ2n) is 13.5. The highest BCUT2D eigenvalue weighted by atomic mass is 35.5. The summed E-state index contributed by atoms with van der Waals surface area (Å²) in [5.41, 5.74) is 5.20. The third kappa shape index (κ3) is 12.6. The fourth-order valence-corrected chi connectivity index (χ4v) is 9.68. The Hall–Kier alpha value is -3.75. The van der Waals surface area contributed by atoms with E-state index in [1.54, 1.807) is 28.5 Å². The third-order valence-electron chi connectivity index (χ3n) is 8.89. The van der Waals surface area contributed by atoms with Gasteiger partial charge in [-0.2, -0.15) is 13.0 Å². The molecule has 0 spiro atoms. The fraction of sp³-hybridized carbons (Fsp3) is 0.316. The number of amides is 2. The molecule has 13 nitrogen and oxygen atoms in total. The number of fused-ring (bicyclic) bond motifs is 3. The van der Waals surface area contributed by atoms with Gasteiger partial charge in [-0.3, -0.25) is 14.1 Å². The minimum Gasteiger partial charge on any atom is -0.335 e. The number of sulfonamides is 1. The number of thiazole rings is 1. The predicted molar refractivity (Wildman–Crippen MR) is 238 cm³/mol. The Labute approximate surface area is 360 Å². The van der Waals surface area contributed by atoms with E-state index in [0.717, 1.165) is 60.3 Å². The van der Waals surface area contributed by atoms with E-state index in [0.29, 0.717) is 46.1 Å². The number of unbranched alkanes of at least 4 members (excludes halogenated alkanes) is 1. The van der Waals surface area contributed by atoms with Crippen LogP contribution in [0.25, 0.3) is 27.3 Å². The monoisotopic (exact) mass is 925 g/mol. The van der Waals surface area contributed by atoms with Crippen LogP contribution in [0.4, 0.5) is 11.4 Å². The number of nitrogens with one attached hydrogen (secondary N) is 4. The van der Waals surface area contributed by atoms with Gasteiger partial charge in [-0.05, 0) is 98.1 Å². The second kappa shape index (κ2) is 19.5. The molecule has 0 saturated carbocycles. The molecule has 3 heterocycles. The number of allylic oxidation sites excluding steroid dienone is 2. The molecule has 20 heteroatoms. The lowest BCUT2D eigenvalue weighted by Gasteiger charge is -2.21. The quantitative estimate of drug-likeness (QED) is 0.0312. The van der Waals surface area contributed by atoms with E-state index in [-0.39, 0.29) is 24.1 Å². The van der Waals surface area contributed by atoms with E-state index in [2.05, 4.69) is 20.2 Å². The summed E-state index contributed by atoms with van der Waals surface area (Å²) in [5, 5.41) is 5.62. The molecular formula is C38H43Cl2N6O7S5+. The summed E-state index contributed by atoms with van der Waals surface area (Å²) >= 11 is 20.6. The van der Waals surface area contributed by atoms with Crippen molar-refractivity contribution in [3.05, 3.63) is 91.1 Å². The maximum absolute atomic E-state index is 12.6.